The summed E-state index contributed by atoms with van der Waals surface area (Å²) in [5.74, 6) is -0.769. The summed E-state index contributed by atoms with van der Waals surface area (Å²) < 4.78 is 5.89. The van der Waals surface area contributed by atoms with Crippen molar-refractivity contribution in [1.29, 1.82) is 0 Å². The number of amides is 3. The Bertz CT molecular complexity index is 1240. The van der Waals surface area contributed by atoms with Crippen molar-refractivity contribution in [1.82, 2.24) is 15.2 Å². The molecule has 206 valence electrons. The Labute approximate surface area is 229 Å². The standard InChI is InChI=1S/C30H37N5O4/c1-29(2,31)27(37)32-24(19-39-18-22-11-7-4-8-12-22)26(36)34-16-15-25-30(20-34,17-21-9-5-3-6-10-21)28(38)35(33-25)23-13-14-23/h3-12,23-24H,13-20,31H2,1-2H3,(H,32,37). The molecular weight excluding hydrogens is 494 g/mol. The number of hydrogen-bond donors (Lipinski definition) is 2. The number of hydrazone groups is 1. The number of hydrogen-bond acceptors (Lipinski definition) is 6. The van der Waals surface area contributed by atoms with Crippen molar-refractivity contribution in [2.24, 2.45) is 16.3 Å². The number of carbonyl (C=O) groups excluding carboxylic acids is 3. The molecule has 2 aromatic rings. The summed E-state index contributed by atoms with van der Waals surface area (Å²) in [5.41, 5.74) is 6.78. The normalized spacial score (nSPS) is 21.8. The lowest BCUT2D eigenvalue weighted by atomic mass is 9.73. The van der Waals surface area contributed by atoms with Gasteiger partial charge in [0.1, 0.15) is 11.5 Å². The van der Waals surface area contributed by atoms with Gasteiger partial charge in [-0.05, 0) is 44.2 Å². The SMILES string of the molecule is CC(C)(N)C(=O)NC(COCc1ccccc1)C(=O)N1CCC2=NN(C3CC3)C(=O)C2(Cc2ccccc2)C1. The highest BCUT2D eigenvalue weighted by atomic mass is 16.5. The average Bonchev–Trinajstić information content (AvgIpc) is 3.73. The Morgan fingerprint density at radius 2 is 1.74 bits per heavy atom. The average molecular weight is 532 g/mol. The molecule has 0 aromatic heterocycles. The summed E-state index contributed by atoms with van der Waals surface area (Å²) in [7, 11) is 0. The van der Waals surface area contributed by atoms with Gasteiger partial charge < -0.3 is 20.7 Å². The number of nitrogens with zero attached hydrogens (tertiary/aromatic N) is 3. The second kappa shape index (κ2) is 10.9. The number of nitrogens with two attached hydrogens (primary N) is 1. The molecule has 0 bridgehead atoms. The molecule has 9 nitrogen and oxygen atoms in total. The fourth-order valence-corrected chi connectivity index (χ4v) is 5.25. The largest absolute Gasteiger partial charge is 0.374 e. The van der Waals surface area contributed by atoms with Crippen LogP contribution in [0.4, 0.5) is 0 Å². The highest BCUT2D eigenvalue weighted by Gasteiger charge is 2.57. The van der Waals surface area contributed by atoms with E-state index in [0.29, 0.717) is 26.0 Å². The van der Waals surface area contributed by atoms with Gasteiger partial charge >= 0.3 is 0 Å². The van der Waals surface area contributed by atoms with Crippen molar-refractivity contribution in [2.75, 3.05) is 19.7 Å². The summed E-state index contributed by atoms with van der Waals surface area (Å²) in [6, 6.07) is 18.7. The van der Waals surface area contributed by atoms with Crippen LogP contribution in [0.3, 0.4) is 0 Å². The Morgan fingerprint density at radius 3 is 2.36 bits per heavy atom. The zero-order chi connectivity index (χ0) is 27.6. The first-order valence-corrected chi connectivity index (χ1v) is 13.6. The monoisotopic (exact) mass is 531 g/mol. The van der Waals surface area contributed by atoms with Gasteiger partial charge in [-0.15, -0.1) is 0 Å². The fourth-order valence-electron chi connectivity index (χ4n) is 5.25. The summed E-state index contributed by atoms with van der Waals surface area (Å²) >= 11 is 0. The van der Waals surface area contributed by atoms with E-state index in [0.717, 1.165) is 29.7 Å². The van der Waals surface area contributed by atoms with E-state index in [1.807, 2.05) is 60.7 Å². The maximum absolute atomic E-state index is 13.9. The summed E-state index contributed by atoms with van der Waals surface area (Å²) in [6.45, 7) is 4.10. The Balaban J connectivity index is 1.37. The van der Waals surface area contributed by atoms with Gasteiger partial charge in [0, 0.05) is 19.5 Å². The minimum Gasteiger partial charge on any atom is -0.374 e. The number of ether oxygens (including phenoxy) is 1. The third kappa shape index (κ3) is 5.89. The lowest BCUT2D eigenvalue weighted by molar-refractivity contribution is -0.144. The maximum Gasteiger partial charge on any atom is 0.257 e. The molecule has 2 fully saturated rings. The summed E-state index contributed by atoms with van der Waals surface area (Å²) in [4.78, 5) is 42.3. The van der Waals surface area contributed by atoms with Crippen LogP contribution in [0, 0.1) is 5.41 Å². The molecule has 2 aromatic carbocycles. The third-order valence-corrected chi connectivity index (χ3v) is 7.62. The first-order chi connectivity index (χ1) is 18.7. The minimum absolute atomic E-state index is 0.0131. The van der Waals surface area contributed by atoms with Gasteiger partial charge in [0.2, 0.25) is 11.8 Å². The molecule has 2 unspecified atom stereocenters. The quantitative estimate of drug-likeness (QED) is 0.488. The van der Waals surface area contributed by atoms with Crippen LogP contribution >= 0.6 is 0 Å². The van der Waals surface area contributed by atoms with Crippen molar-refractivity contribution in [2.45, 2.75) is 63.8 Å². The first kappa shape index (κ1) is 27.0. The van der Waals surface area contributed by atoms with Crippen LogP contribution in [0.5, 0.6) is 0 Å². The molecule has 0 spiro atoms. The molecule has 39 heavy (non-hydrogen) atoms. The molecule has 3 N–H and O–H groups in total. The van der Waals surface area contributed by atoms with Crippen molar-refractivity contribution in [3.8, 4) is 0 Å². The Morgan fingerprint density at radius 1 is 1.10 bits per heavy atom. The first-order valence-electron chi connectivity index (χ1n) is 13.6. The minimum atomic E-state index is -1.17. The highest BCUT2D eigenvalue weighted by Crippen LogP contribution is 2.43. The number of fused-ring (bicyclic) bond motifs is 1. The van der Waals surface area contributed by atoms with Gasteiger partial charge in [-0.3, -0.25) is 14.4 Å². The van der Waals surface area contributed by atoms with E-state index in [1.54, 1.807) is 23.8 Å². The number of likely N-dealkylation sites (tertiary alicyclic amines) is 1. The number of piperidine rings is 1. The van der Waals surface area contributed by atoms with Crippen molar-refractivity contribution < 1.29 is 19.1 Å². The predicted octanol–water partition coefficient (Wildman–Crippen LogP) is 2.25. The highest BCUT2D eigenvalue weighted by molar-refractivity contribution is 6.14. The second-order valence-electron chi connectivity index (χ2n) is 11.4. The lowest BCUT2D eigenvalue weighted by Crippen LogP contribution is -2.61. The van der Waals surface area contributed by atoms with Gasteiger partial charge in [-0.1, -0.05) is 60.7 Å². The third-order valence-electron chi connectivity index (χ3n) is 7.62. The molecule has 3 amide bonds. The Kier molecular flexibility index (Phi) is 7.55. The van der Waals surface area contributed by atoms with E-state index >= 15 is 0 Å². The number of nitrogens with one attached hydrogen (secondary N) is 1. The second-order valence-corrected chi connectivity index (χ2v) is 11.4. The van der Waals surface area contributed by atoms with Crippen LogP contribution in [0.15, 0.2) is 65.8 Å². The molecular formula is C30H37N5O4. The number of rotatable bonds is 10. The zero-order valence-electron chi connectivity index (χ0n) is 22.6. The van der Waals surface area contributed by atoms with Crippen molar-refractivity contribution >= 4 is 23.4 Å². The number of carbonyl (C=O) groups is 3. The van der Waals surface area contributed by atoms with Gasteiger partial charge in [0.05, 0.1) is 30.5 Å². The van der Waals surface area contributed by atoms with Crippen molar-refractivity contribution in [3.05, 3.63) is 71.8 Å². The summed E-state index contributed by atoms with van der Waals surface area (Å²) in [6.07, 6.45) is 2.87. The fraction of sp³-hybridized carbons (Fsp3) is 0.467. The zero-order valence-corrected chi connectivity index (χ0v) is 22.6. The smallest absolute Gasteiger partial charge is 0.257 e. The summed E-state index contributed by atoms with van der Waals surface area (Å²) in [5, 5.41) is 9.24. The van der Waals surface area contributed by atoms with Gasteiger partial charge in [0.15, 0.2) is 0 Å². The molecule has 1 aliphatic carbocycles. The van der Waals surface area contributed by atoms with Crippen LogP contribution < -0.4 is 11.1 Å². The molecule has 1 saturated carbocycles. The van der Waals surface area contributed by atoms with Crippen molar-refractivity contribution in [3.63, 3.8) is 0 Å². The lowest BCUT2D eigenvalue weighted by Gasteiger charge is -2.41. The molecule has 0 radical (unpaired) electrons. The van der Waals surface area contributed by atoms with Gasteiger partial charge in [0.25, 0.3) is 5.91 Å². The van der Waals surface area contributed by atoms with Crippen LogP contribution in [0.1, 0.15) is 44.2 Å². The van der Waals surface area contributed by atoms with Crippen LogP contribution in [-0.2, 0) is 32.1 Å². The van der Waals surface area contributed by atoms with E-state index < -0.39 is 22.9 Å². The van der Waals surface area contributed by atoms with E-state index in [1.165, 1.54) is 0 Å². The predicted molar refractivity (Wildman–Crippen MR) is 147 cm³/mol. The molecule has 2 heterocycles. The number of benzene rings is 2. The molecule has 2 atom stereocenters. The molecule has 3 aliphatic rings. The Hall–Kier alpha value is -3.56. The van der Waals surface area contributed by atoms with Gasteiger partial charge in [-0.2, -0.15) is 5.10 Å². The topological polar surface area (TPSA) is 117 Å². The van der Waals surface area contributed by atoms with E-state index in [4.69, 9.17) is 15.6 Å². The van der Waals surface area contributed by atoms with Crippen LogP contribution in [0.2, 0.25) is 0 Å². The molecule has 1 saturated heterocycles. The van der Waals surface area contributed by atoms with Crippen LogP contribution in [0.25, 0.3) is 0 Å². The maximum atomic E-state index is 13.9. The van der Waals surface area contributed by atoms with Crippen LogP contribution in [-0.4, -0.2) is 70.7 Å². The molecule has 9 heteroatoms. The van der Waals surface area contributed by atoms with E-state index in [9.17, 15) is 14.4 Å². The van der Waals surface area contributed by atoms with E-state index in [2.05, 4.69) is 5.32 Å². The molecule has 2 aliphatic heterocycles. The van der Waals surface area contributed by atoms with E-state index in [-0.39, 0.29) is 31.0 Å². The van der Waals surface area contributed by atoms with Gasteiger partial charge in [-0.25, -0.2) is 5.01 Å². The molecule has 5 rings (SSSR count).